The van der Waals surface area contributed by atoms with E-state index in [2.05, 4.69) is 0 Å². The summed E-state index contributed by atoms with van der Waals surface area (Å²) in [7, 11) is 0. The summed E-state index contributed by atoms with van der Waals surface area (Å²) in [6, 6.07) is 0. The molecule has 0 aliphatic rings. The van der Waals surface area contributed by atoms with Crippen LogP contribution >= 0.6 is 0 Å². The molecule has 0 bridgehead atoms. The Morgan fingerprint density at radius 1 is 0.318 bits per heavy atom. The summed E-state index contributed by atoms with van der Waals surface area (Å²) < 4.78 is 24.4. The molecule has 16 nitrogen and oxygen atoms in total. The van der Waals surface area contributed by atoms with E-state index in [1.807, 2.05) is 19.6 Å². The zero-order valence-electron chi connectivity index (χ0n) is 26.5. The van der Waals surface area contributed by atoms with E-state index in [4.69, 9.17) is 18.9 Å². The lowest BCUT2D eigenvalue weighted by Crippen LogP contribution is -2.43. The topological polar surface area (TPSA) is 212 Å². The van der Waals surface area contributed by atoms with Crippen molar-refractivity contribution in [1.82, 2.24) is 19.6 Å². The molecule has 0 fully saturated rings. The van der Waals surface area contributed by atoms with E-state index in [-0.39, 0.29) is 79.3 Å². The lowest BCUT2D eigenvalue weighted by Gasteiger charge is -2.30. The fraction of sp³-hybridized carbons (Fsp3) is 1.00. The standard InChI is InChI=1S/C28H62N4O12/c33-13-1-29(2-14-34)9-21-41-25-27(43-23-11-31(5-17-37)6-18-38)28(44-24-12-32(7-19-39)8-20-40)26-42-22-10-30(3-15-35)4-16-36/h27-28,33-40H,1-26H2. The van der Waals surface area contributed by atoms with Gasteiger partial charge in [0.2, 0.25) is 0 Å². The highest BCUT2D eigenvalue weighted by molar-refractivity contribution is 4.73. The van der Waals surface area contributed by atoms with Gasteiger partial charge < -0.3 is 59.8 Å². The van der Waals surface area contributed by atoms with Crippen molar-refractivity contribution in [2.24, 2.45) is 0 Å². The fourth-order valence-electron chi connectivity index (χ4n) is 4.45. The van der Waals surface area contributed by atoms with Crippen molar-refractivity contribution >= 4 is 0 Å². The van der Waals surface area contributed by atoms with E-state index in [0.717, 1.165) is 0 Å². The molecule has 0 rings (SSSR count). The van der Waals surface area contributed by atoms with Crippen molar-refractivity contribution < 1.29 is 59.8 Å². The third-order valence-corrected chi connectivity index (χ3v) is 6.89. The number of ether oxygens (including phenoxy) is 4. The molecule has 0 aliphatic heterocycles. The Labute approximate surface area is 262 Å². The lowest BCUT2D eigenvalue weighted by atomic mass is 10.2. The molecule has 0 saturated carbocycles. The molecule has 0 saturated heterocycles. The molecule has 0 aromatic carbocycles. The van der Waals surface area contributed by atoms with Gasteiger partial charge in [-0.3, -0.25) is 19.6 Å². The predicted molar refractivity (Wildman–Crippen MR) is 164 cm³/mol. The number of aliphatic hydroxyl groups excluding tert-OH is 8. The van der Waals surface area contributed by atoms with Crippen LogP contribution in [0, 0.1) is 0 Å². The highest BCUT2D eigenvalue weighted by Crippen LogP contribution is 2.09. The van der Waals surface area contributed by atoms with Crippen LogP contribution in [0.5, 0.6) is 0 Å². The summed E-state index contributed by atoms with van der Waals surface area (Å²) in [5.74, 6) is 0. The van der Waals surface area contributed by atoms with Crippen molar-refractivity contribution in [3.05, 3.63) is 0 Å². The highest BCUT2D eigenvalue weighted by Gasteiger charge is 2.25. The van der Waals surface area contributed by atoms with Crippen molar-refractivity contribution in [1.29, 1.82) is 0 Å². The Bertz CT molecular complexity index is 519. The van der Waals surface area contributed by atoms with Crippen LogP contribution in [0.2, 0.25) is 0 Å². The smallest absolute Gasteiger partial charge is 0.109 e. The van der Waals surface area contributed by atoms with Crippen molar-refractivity contribution in [2.75, 3.05) is 171 Å². The van der Waals surface area contributed by atoms with Crippen LogP contribution in [0.1, 0.15) is 0 Å². The molecular formula is C28H62N4O12. The quantitative estimate of drug-likeness (QED) is 0.0303. The normalized spacial score (nSPS) is 13.6. The average Bonchev–Trinajstić information content (AvgIpc) is 3.00. The van der Waals surface area contributed by atoms with E-state index in [1.54, 1.807) is 0 Å². The van der Waals surface area contributed by atoms with Crippen LogP contribution in [-0.2, 0) is 18.9 Å². The molecule has 0 aromatic rings. The summed E-state index contributed by atoms with van der Waals surface area (Å²) >= 11 is 0. The summed E-state index contributed by atoms with van der Waals surface area (Å²) in [5.41, 5.74) is 0. The second kappa shape index (κ2) is 32.3. The maximum atomic E-state index is 9.35. The second-order valence-corrected chi connectivity index (χ2v) is 10.1. The van der Waals surface area contributed by atoms with Gasteiger partial charge >= 0.3 is 0 Å². The third kappa shape index (κ3) is 23.7. The maximum absolute atomic E-state index is 9.35. The first-order valence-electron chi connectivity index (χ1n) is 15.7. The number of aliphatic hydroxyl groups is 8. The van der Waals surface area contributed by atoms with Gasteiger partial charge in [0, 0.05) is 78.5 Å². The minimum absolute atomic E-state index is 0.0329. The van der Waals surface area contributed by atoms with E-state index in [1.165, 1.54) is 0 Å². The monoisotopic (exact) mass is 646 g/mol. The fourth-order valence-corrected chi connectivity index (χ4v) is 4.45. The molecule has 0 aliphatic carbocycles. The van der Waals surface area contributed by atoms with Gasteiger partial charge in [0.15, 0.2) is 0 Å². The van der Waals surface area contributed by atoms with Gasteiger partial charge in [0.25, 0.3) is 0 Å². The minimum atomic E-state index is -0.556. The Balaban J connectivity index is 5.51. The zero-order valence-corrected chi connectivity index (χ0v) is 26.5. The summed E-state index contributed by atoms with van der Waals surface area (Å²) in [6.45, 7) is 6.35. The predicted octanol–water partition coefficient (Wildman–Crippen LogP) is -5.06. The Morgan fingerprint density at radius 3 is 0.773 bits per heavy atom. The number of rotatable bonds is 35. The van der Waals surface area contributed by atoms with Gasteiger partial charge in [-0.25, -0.2) is 0 Å². The van der Waals surface area contributed by atoms with Gasteiger partial charge in [0.05, 0.1) is 92.5 Å². The molecule has 0 amide bonds. The minimum Gasteiger partial charge on any atom is -0.395 e. The lowest BCUT2D eigenvalue weighted by molar-refractivity contribution is -0.132. The van der Waals surface area contributed by atoms with Crippen LogP contribution in [0.3, 0.4) is 0 Å². The molecule has 0 radical (unpaired) electrons. The second-order valence-electron chi connectivity index (χ2n) is 10.1. The summed E-state index contributed by atoms with van der Waals surface area (Å²) in [4.78, 5) is 7.53. The molecule has 2 atom stereocenters. The molecule has 2 unspecified atom stereocenters. The summed E-state index contributed by atoms with van der Waals surface area (Å²) in [5, 5.41) is 74.5. The molecular weight excluding hydrogens is 584 g/mol. The largest absolute Gasteiger partial charge is 0.395 e. The van der Waals surface area contributed by atoms with Gasteiger partial charge in [-0.2, -0.15) is 0 Å². The van der Waals surface area contributed by atoms with Gasteiger partial charge in [0.1, 0.15) is 12.2 Å². The first kappa shape index (κ1) is 43.4. The molecule has 16 heteroatoms. The van der Waals surface area contributed by atoms with E-state index in [9.17, 15) is 40.9 Å². The molecule has 0 aromatic heterocycles. The van der Waals surface area contributed by atoms with Crippen LogP contribution in [0.4, 0.5) is 0 Å². The van der Waals surface area contributed by atoms with E-state index >= 15 is 0 Å². The Morgan fingerprint density at radius 2 is 0.545 bits per heavy atom. The molecule has 0 spiro atoms. The maximum Gasteiger partial charge on any atom is 0.109 e. The molecule has 44 heavy (non-hydrogen) atoms. The van der Waals surface area contributed by atoms with E-state index in [0.29, 0.717) is 91.8 Å². The van der Waals surface area contributed by atoms with Crippen LogP contribution in [-0.4, -0.2) is 244 Å². The molecule has 8 N–H and O–H groups in total. The Hall–Kier alpha value is -0.640. The van der Waals surface area contributed by atoms with E-state index < -0.39 is 12.2 Å². The first-order chi connectivity index (χ1) is 21.5. The first-order valence-corrected chi connectivity index (χ1v) is 15.7. The van der Waals surface area contributed by atoms with Crippen molar-refractivity contribution in [3.63, 3.8) is 0 Å². The van der Waals surface area contributed by atoms with Crippen molar-refractivity contribution in [3.8, 4) is 0 Å². The Kier molecular flexibility index (Phi) is 31.8. The van der Waals surface area contributed by atoms with Gasteiger partial charge in [-0.1, -0.05) is 0 Å². The molecule has 266 valence electrons. The number of nitrogens with zero attached hydrogens (tertiary/aromatic N) is 4. The number of hydrogen-bond acceptors (Lipinski definition) is 16. The van der Waals surface area contributed by atoms with Crippen LogP contribution in [0.15, 0.2) is 0 Å². The van der Waals surface area contributed by atoms with Crippen LogP contribution in [0.25, 0.3) is 0 Å². The van der Waals surface area contributed by atoms with Crippen molar-refractivity contribution in [2.45, 2.75) is 12.2 Å². The highest BCUT2D eigenvalue weighted by atomic mass is 16.6. The van der Waals surface area contributed by atoms with Gasteiger partial charge in [-0.15, -0.1) is 0 Å². The molecule has 0 heterocycles. The van der Waals surface area contributed by atoms with Gasteiger partial charge in [-0.05, 0) is 0 Å². The average molecular weight is 647 g/mol. The summed E-state index contributed by atoms with van der Waals surface area (Å²) in [6.07, 6.45) is -1.11. The number of hydrogen-bond donors (Lipinski definition) is 8. The SMILES string of the molecule is OCCN(CCO)CCOCC(OCCN(CCO)CCO)C(COCCN(CCO)CCO)OCCN(CCO)CCO. The van der Waals surface area contributed by atoms with Crippen LogP contribution < -0.4 is 0 Å². The third-order valence-electron chi connectivity index (χ3n) is 6.89. The zero-order chi connectivity index (χ0) is 32.7.